The largest absolute Gasteiger partial charge is 0.355 e. The molecule has 1 atom stereocenters. The number of allylic oxidation sites excluding steroid dienone is 4. The Kier molecular flexibility index (Phi) is 9.66. The Morgan fingerprint density at radius 2 is 1.94 bits per heavy atom. The molecule has 0 fully saturated rings. The van der Waals surface area contributed by atoms with Gasteiger partial charge in [-0.3, -0.25) is 9.59 Å². The maximum atomic E-state index is 13.3. The third-order valence-corrected chi connectivity index (χ3v) is 4.95. The van der Waals surface area contributed by atoms with Crippen LogP contribution in [0.2, 0.25) is 0 Å². The van der Waals surface area contributed by atoms with E-state index in [0.29, 0.717) is 23.5 Å². The minimum atomic E-state index is -0.476. The molecule has 0 radical (unpaired) electrons. The average molecular weight is 443 g/mol. The van der Waals surface area contributed by atoms with Gasteiger partial charge < -0.3 is 16.0 Å². The van der Waals surface area contributed by atoms with E-state index in [2.05, 4.69) is 39.4 Å². The standard InChI is InChI=1S/C27H30N4O2/c1-6-9-16-22(20-14-11-10-12-15-20)27(33)31-24-17-21(26(32)28-5)18-29-25(24)30-23(13-7-2)19(4)8-3/h7-8,10-15,17-18,22H,3,16H2,1-2,4-5H3,(H,28,32)(H,29,30)(H,31,33)/b13-7-,23-19+. The van der Waals surface area contributed by atoms with Crippen LogP contribution in [-0.2, 0) is 4.79 Å². The van der Waals surface area contributed by atoms with E-state index in [1.807, 2.05) is 56.3 Å². The molecule has 1 unspecified atom stereocenters. The topological polar surface area (TPSA) is 83.1 Å². The number of pyridine rings is 1. The maximum absolute atomic E-state index is 13.3. The smallest absolute Gasteiger partial charge is 0.252 e. The summed E-state index contributed by atoms with van der Waals surface area (Å²) < 4.78 is 0. The summed E-state index contributed by atoms with van der Waals surface area (Å²) in [7, 11) is 1.54. The lowest BCUT2D eigenvalue weighted by molar-refractivity contribution is -0.117. The summed E-state index contributed by atoms with van der Waals surface area (Å²) in [5, 5.41) is 8.79. The summed E-state index contributed by atoms with van der Waals surface area (Å²) in [6, 6.07) is 11.1. The molecule has 2 aromatic rings. The lowest BCUT2D eigenvalue weighted by Crippen LogP contribution is -2.23. The number of nitrogens with one attached hydrogen (secondary N) is 3. The van der Waals surface area contributed by atoms with Gasteiger partial charge in [0.2, 0.25) is 5.91 Å². The maximum Gasteiger partial charge on any atom is 0.252 e. The molecular weight excluding hydrogens is 412 g/mol. The van der Waals surface area contributed by atoms with Gasteiger partial charge in [0, 0.05) is 25.4 Å². The van der Waals surface area contributed by atoms with E-state index in [1.54, 1.807) is 26.1 Å². The molecule has 0 aliphatic carbocycles. The molecule has 3 N–H and O–H groups in total. The van der Waals surface area contributed by atoms with Gasteiger partial charge in [-0.1, -0.05) is 49.1 Å². The van der Waals surface area contributed by atoms with Gasteiger partial charge in [0.05, 0.1) is 17.2 Å². The first-order valence-corrected chi connectivity index (χ1v) is 10.7. The number of benzene rings is 1. The molecule has 0 spiro atoms. The predicted molar refractivity (Wildman–Crippen MR) is 135 cm³/mol. The summed E-state index contributed by atoms with van der Waals surface area (Å²) in [6.07, 6.45) is 7.35. The van der Waals surface area contributed by atoms with E-state index in [4.69, 9.17) is 0 Å². The van der Waals surface area contributed by atoms with Gasteiger partial charge in [-0.2, -0.15) is 0 Å². The molecule has 2 amide bonds. The molecule has 0 saturated heterocycles. The summed E-state index contributed by atoms with van der Waals surface area (Å²) in [6.45, 7) is 9.39. The Bertz CT molecular complexity index is 1120. The molecule has 6 heteroatoms. The summed E-state index contributed by atoms with van der Waals surface area (Å²) in [5.74, 6) is 5.27. The fourth-order valence-electron chi connectivity index (χ4n) is 3.08. The summed E-state index contributed by atoms with van der Waals surface area (Å²) in [5.41, 5.74) is 3.27. The number of amides is 2. The second-order valence-electron chi connectivity index (χ2n) is 7.21. The van der Waals surface area contributed by atoms with Crippen LogP contribution in [0.25, 0.3) is 0 Å². The normalized spacial score (nSPS) is 12.1. The molecule has 2 rings (SSSR count). The third kappa shape index (κ3) is 6.94. The molecule has 33 heavy (non-hydrogen) atoms. The average Bonchev–Trinajstić information content (AvgIpc) is 2.84. The van der Waals surface area contributed by atoms with Crippen LogP contribution in [0, 0.1) is 11.8 Å². The zero-order valence-electron chi connectivity index (χ0n) is 19.5. The lowest BCUT2D eigenvalue weighted by Gasteiger charge is -2.18. The van der Waals surface area contributed by atoms with E-state index >= 15 is 0 Å². The fraction of sp³-hybridized carbons (Fsp3) is 0.222. The van der Waals surface area contributed by atoms with Crippen molar-refractivity contribution in [3.63, 3.8) is 0 Å². The van der Waals surface area contributed by atoms with Crippen LogP contribution in [0.5, 0.6) is 0 Å². The molecule has 1 heterocycles. The van der Waals surface area contributed by atoms with Gasteiger partial charge in [0.1, 0.15) is 0 Å². The van der Waals surface area contributed by atoms with Crippen molar-refractivity contribution in [3.8, 4) is 11.8 Å². The molecule has 170 valence electrons. The molecule has 1 aromatic heterocycles. The van der Waals surface area contributed by atoms with Gasteiger partial charge in [0.25, 0.3) is 5.91 Å². The minimum Gasteiger partial charge on any atom is -0.355 e. The van der Waals surface area contributed by atoms with Crippen LogP contribution in [0.4, 0.5) is 11.5 Å². The number of carbonyl (C=O) groups excluding carboxylic acids is 2. The van der Waals surface area contributed by atoms with Crippen LogP contribution in [0.3, 0.4) is 0 Å². The Morgan fingerprint density at radius 3 is 2.55 bits per heavy atom. The zero-order valence-corrected chi connectivity index (χ0v) is 19.5. The monoisotopic (exact) mass is 442 g/mol. The second-order valence-corrected chi connectivity index (χ2v) is 7.21. The van der Waals surface area contributed by atoms with Crippen molar-refractivity contribution in [1.82, 2.24) is 10.3 Å². The van der Waals surface area contributed by atoms with Crippen molar-refractivity contribution in [2.24, 2.45) is 0 Å². The first-order chi connectivity index (χ1) is 15.9. The van der Waals surface area contributed by atoms with Crippen LogP contribution < -0.4 is 16.0 Å². The van der Waals surface area contributed by atoms with Crippen molar-refractivity contribution in [2.45, 2.75) is 33.1 Å². The highest BCUT2D eigenvalue weighted by Gasteiger charge is 2.22. The van der Waals surface area contributed by atoms with E-state index in [9.17, 15) is 9.59 Å². The third-order valence-electron chi connectivity index (χ3n) is 4.95. The minimum absolute atomic E-state index is 0.236. The van der Waals surface area contributed by atoms with Crippen molar-refractivity contribution in [3.05, 3.63) is 89.8 Å². The molecule has 0 aliphatic heterocycles. The second kappa shape index (κ2) is 12.7. The van der Waals surface area contributed by atoms with E-state index < -0.39 is 5.92 Å². The Balaban J connectivity index is 2.50. The SMILES string of the molecule is C=C/C(C)=C(\C=C/C)Nc1ncc(C(=O)NC)cc1NC(=O)C(CC#CC)c1ccccc1. The molecule has 0 saturated carbocycles. The van der Waals surface area contributed by atoms with Crippen LogP contribution in [-0.4, -0.2) is 23.8 Å². The highest BCUT2D eigenvalue weighted by atomic mass is 16.2. The zero-order chi connectivity index (χ0) is 24.2. The van der Waals surface area contributed by atoms with Gasteiger partial charge >= 0.3 is 0 Å². The highest BCUT2D eigenvalue weighted by Crippen LogP contribution is 2.27. The molecule has 1 aromatic carbocycles. The van der Waals surface area contributed by atoms with Crippen molar-refractivity contribution in [2.75, 3.05) is 17.7 Å². The number of rotatable bonds is 9. The number of aromatic nitrogens is 1. The molecule has 0 bridgehead atoms. The van der Waals surface area contributed by atoms with Crippen LogP contribution in [0.15, 0.2) is 78.7 Å². The van der Waals surface area contributed by atoms with Crippen LogP contribution >= 0.6 is 0 Å². The van der Waals surface area contributed by atoms with Crippen molar-refractivity contribution < 1.29 is 9.59 Å². The summed E-state index contributed by atoms with van der Waals surface area (Å²) >= 11 is 0. The van der Waals surface area contributed by atoms with Crippen LogP contribution in [0.1, 0.15) is 49.0 Å². The molecule has 0 aliphatic rings. The Hall–Kier alpha value is -4.11. The van der Waals surface area contributed by atoms with Gasteiger partial charge in [-0.05, 0) is 44.1 Å². The number of carbonyl (C=O) groups is 2. The van der Waals surface area contributed by atoms with E-state index in [-0.39, 0.29) is 11.8 Å². The number of hydrogen-bond acceptors (Lipinski definition) is 4. The van der Waals surface area contributed by atoms with Crippen molar-refractivity contribution in [1.29, 1.82) is 0 Å². The van der Waals surface area contributed by atoms with Gasteiger partial charge in [0.15, 0.2) is 5.82 Å². The Morgan fingerprint density at radius 1 is 1.21 bits per heavy atom. The Labute approximate surface area is 195 Å². The number of anilines is 2. The first-order valence-electron chi connectivity index (χ1n) is 10.7. The van der Waals surface area contributed by atoms with Gasteiger partial charge in [-0.25, -0.2) is 4.98 Å². The lowest BCUT2D eigenvalue weighted by atomic mass is 9.95. The quantitative estimate of drug-likeness (QED) is 0.376. The number of nitrogens with zero attached hydrogens (tertiary/aromatic N) is 1. The number of hydrogen-bond donors (Lipinski definition) is 3. The highest BCUT2D eigenvalue weighted by molar-refractivity contribution is 6.01. The van der Waals surface area contributed by atoms with E-state index in [0.717, 1.165) is 16.8 Å². The fourth-order valence-corrected chi connectivity index (χ4v) is 3.08. The van der Waals surface area contributed by atoms with Gasteiger partial charge in [-0.15, -0.1) is 11.8 Å². The van der Waals surface area contributed by atoms with Crippen molar-refractivity contribution >= 4 is 23.3 Å². The summed E-state index contributed by atoms with van der Waals surface area (Å²) in [4.78, 5) is 30.0. The predicted octanol–water partition coefficient (Wildman–Crippen LogP) is 5.02. The van der Waals surface area contributed by atoms with E-state index in [1.165, 1.54) is 6.20 Å². The first kappa shape index (κ1) is 25.2. The molecular formula is C27H30N4O2. The molecule has 6 nitrogen and oxygen atoms in total.